The summed E-state index contributed by atoms with van der Waals surface area (Å²) in [5.41, 5.74) is 9.30. The average molecular weight is 764 g/mol. The van der Waals surface area contributed by atoms with Gasteiger partial charge in [0, 0.05) is 68.3 Å². The highest BCUT2D eigenvalue weighted by atomic mass is 32.1. The lowest BCUT2D eigenvalue weighted by Crippen LogP contribution is -2.10. The van der Waals surface area contributed by atoms with E-state index in [2.05, 4.69) is 169 Å². The van der Waals surface area contributed by atoms with Crippen molar-refractivity contribution < 1.29 is 8.83 Å². The zero-order valence-corrected chi connectivity index (χ0v) is 32.0. The molecular weight excluding hydrogens is 735 g/mol. The maximum atomic E-state index is 6.52. The Kier molecular flexibility index (Phi) is 6.48. The summed E-state index contributed by atoms with van der Waals surface area (Å²) in [5.74, 6) is 0. The van der Waals surface area contributed by atoms with Crippen molar-refractivity contribution in [2.75, 3.05) is 4.90 Å². The molecule has 0 saturated carbocycles. The first-order chi connectivity index (χ1) is 28.2. The van der Waals surface area contributed by atoms with E-state index in [-0.39, 0.29) is 0 Å². The summed E-state index contributed by atoms with van der Waals surface area (Å²) in [6.45, 7) is 0. The largest absolute Gasteiger partial charge is 0.456 e. The second kappa shape index (κ2) is 11.8. The van der Waals surface area contributed by atoms with E-state index in [4.69, 9.17) is 8.83 Å². The fourth-order valence-electron chi connectivity index (χ4n) is 9.14. The Morgan fingerprint density at radius 2 is 0.947 bits per heavy atom. The summed E-state index contributed by atoms with van der Waals surface area (Å²) in [6.07, 6.45) is 0. The standard InChI is InChI=1S/C52H29NO2S2/c1-4-15-41-36(10-1)50-43(54-41)27-21-31-22-28-44-51(48(31)50)38-29-32(23-26-42(38)55-44)30-19-24-33(25-20-30)53(39-13-8-18-47-49(39)37-11-3-6-17-46(37)56-47)40-14-7-12-35-34-9-2-5-16-45(34)57-52(35)40/h1-29H. The molecule has 0 N–H and O–H groups in total. The molecule has 3 nitrogen and oxygen atoms in total. The van der Waals surface area contributed by atoms with Crippen molar-refractivity contribution in [3.63, 3.8) is 0 Å². The normalized spacial score (nSPS) is 12.2. The van der Waals surface area contributed by atoms with Gasteiger partial charge in [0.15, 0.2) is 0 Å². The summed E-state index contributed by atoms with van der Waals surface area (Å²) >= 11 is 3.73. The Morgan fingerprint density at radius 1 is 0.351 bits per heavy atom. The van der Waals surface area contributed by atoms with Crippen LogP contribution in [0.25, 0.3) is 106 Å². The van der Waals surface area contributed by atoms with Gasteiger partial charge in [-0.2, -0.15) is 0 Å². The Balaban J connectivity index is 1.01. The molecule has 57 heavy (non-hydrogen) atoms. The molecule has 266 valence electrons. The van der Waals surface area contributed by atoms with E-state index in [0.717, 1.165) is 60.7 Å². The molecule has 0 amide bonds. The Labute approximate surface area is 333 Å². The lowest BCUT2D eigenvalue weighted by Gasteiger charge is -2.27. The van der Waals surface area contributed by atoms with E-state index in [1.807, 2.05) is 34.8 Å². The van der Waals surface area contributed by atoms with Gasteiger partial charge in [0.1, 0.15) is 22.3 Å². The molecule has 4 aromatic heterocycles. The van der Waals surface area contributed by atoms with Crippen LogP contribution in [0.3, 0.4) is 0 Å². The molecule has 0 aliphatic rings. The van der Waals surface area contributed by atoms with Crippen LogP contribution in [0.1, 0.15) is 0 Å². The first-order valence-electron chi connectivity index (χ1n) is 19.2. The number of thiophene rings is 2. The minimum absolute atomic E-state index is 0.876. The van der Waals surface area contributed by atoms with Gasteiger partial charge in [-0.25, -0.2) is 0 Å². The van der Waals surface area contributed by atoms with Crippen LogP contribution >= 0.6 is 22.7 Å². The van der Waals surface area contributed by atoms with Crippen LogP contribution in [-0.2, 0) is 0 Å². The third-order valence-corrected chi connectivity index (χ3v) is 14.0. The second-order valence-corrected chi connectivity index (χ2v) is 16.9. The summed E-state index contributed by atoms with van der Waals surface area (Å²) in [7, 11) is 0. The van der Waals surface area contributed by atoms with Gasteiger partial charge in [0.25, 0.3) is 0 Å². The lowest BCUT2D eigenvalue weighted by molar-refractivity contribution is 0.669. The number of furan rings is 2. The molecule has 9 aromatic carbocycles. The van der Waals surface area contributed by atoms with Gasteiger partial charge in [-0.15, -0.1) is 22.7 Å². The van der Waals surface area contributed by atoms with Crippen molar-refractivity contribution in [1.29, 1.82) is 0 Å². The van der Waals surface area contributed by atoms with Gasteiger partial charge in [-0.3, -0.25) is 0 Å². The van der Waals surface area contributed by atoms with Gasteiger partial charge in [-0.05, 0) is 89.3 Å². The molecule has 5 heteroatoms. The predicted octanol–water partition coefficient (Wildman–Crippen LogP) is 16.5. The number of para-hydroxylation sites is 1. The van der Waals surface area contributed by atoms with Crippen molar-refractivity contribution in [2.45, 2.75) is 0 Å². The van der Waals surface area contributed by atoms with Crippen LogP contribution in [0.5, 0.6) is 0 Å². The van der Waals surface area contributed by atoms with E-state index in [0.29, 0.717) is 0 Å². The smallest absolute Gasteiger partial charge is 0.136 e. The minimum atomic E-state index is 0.876. The quantitative estimate of drug-likeness (QED) is 0.179. The van der Waals surface area contributed by atoms with Crippen LogP contribution in [0.4, 0.5) is 17.1 Å². The lowest BCUT2D eigenvalue weighted by atomic mass is 9.97. The Bertz CT molecular complexity index is 3760. The molecule has 13 aromatic rings. The molecular formula is C52H29NO2S2. The number of hydrogen-bond acceptors (Lipinski definition) is 5. The zero-order chi connectivity index (χ0) is 37.2. The molecule has 4 heterocycles. The van der Waals surface area contributed by atoms with Crippen molar-refractivity contribution in [3.8, 4) is 11.1 Å². The molecule has 0 spiro atoms. The third-order valence-electron chi connectivity index (χ3n) is 11.7. The molecule has 0 saturated heterocycles. The summed E-state index contributed by atoms with van der Waals surface area (Å²) in [4.78, 5) is 2.47. The maximum absolute atomic E-state index is 6.52. The molecule has 0 bridgehead atoms. The van der Waals surface area contributed by atoms with Crippen molar-refractivity contribution in [1.82, 2.24) is 0 Å². The van der Waals surface area contributed by atoms with Gasteiger partial charge < -0.3 is 13.7 Å². The first-order valence-corrected chi connectivity index (χ1v) is 20.8. The number of hydrogen-bond donors (Lipinski definition) is 0. The van der Waals surface area contributed by atoms with E-state index >= 15 is 0 Å². The first kappa shape index (κ1) is 31.3. The van der Waals surface area contributed by atoms with Gasteiger partial charge >= 0.3 is 0 Å². The van der Waals surface area contributed by atoms with Gasteiger partial charge in [-0.1, -0.05) is 103 Å². The monoisotopic (exact) mass is 763 g/mol. The van der Waals surface area contributed by atoms with E-state index in [1.54, 1.807) is 0 Å². The van der Waals surface area contributed by atoms with Crippen molar-refractivity contribution in [3.05, 3.63) is 176 Å². The number of anilines is 3. The fraction of sp³-hybridized carbons (Fsp3) is 0. The number of rotatable bonds is 4. The molecule has 0 aliphatic carbocycles. The zero-order valence-electron chi connectivity index (χ0n) is 30.3. The van der Waals surface area contributed by atoms with Crippen LogP contribution in [0.15, 0.2) is 185 Å². The molecule has 0 atom stereocenters. The summed E-state index contributed by atoms with van der Waals surface area (Å²) in [6, 6.07) is 63.5. The summed E-state index contributed by atoms with van der Waals surface area (Å²) < 4.78 is 18.0. The second-order valence-electron chi connectivity index (χ2n) is 14.8. The SMILES string of the molecule is c1ccc2c(c1)oc1ccc3ccc4oc5ccc(-c6ccc(N(c7cccc8c7sc7ccccc78)c7cccc8sc9ccccc9c78)cc6)cc5c4c3c12. The maximum Gasteiger partial charge on any atom is 0.136 e. The fourth-order valence-corrected chi connectivity index (χ4v) is 11.5. The minimum Gasteiger partial charge on any atom is -0.456 e. The van der Waals surface area contributed by atoms with Gasteiger partial charge in [0.05, 0.1) is 16.1 Å². The molecule has 0 aliphatic heterocycles. The Morgan fingerprint density at radius 3 is 1.77 bits per heavy atom. The Hall–Kier alpha value is -6.92. The molecule has 0 unspecified atom stereocenters. The van der Waals surface area contributed by atoms with E-state index < -0.39 is 0 Å². The van der Waals surface area contributed by atoms with Crippen LogP contribution < -0.4 is 4.90 Å². The number of fused-ring (bicyclic) bond motifs is 15. The third kappa shape index (κ3) is 4.52. The van der Waals surface area contributed by atoms with Gasteiger partial charge in [0.2, 0.25) is 0 Å². The predicted molar refractivity (Wildman–Crippen MR) is 244 cm³/mol. The topological polar surface area (TPSA) is 29.5 Å². The molecule has 0 radical (unpaired) electrons. The average Bonchev–Trinajstić information content (AvgIpc) is 4.04. The van der Waals surface area contributed by atoms with Crippen molar-refractivity contribution in [2.24, 2.45) is 0 Å². The highest BCUT2D eigenvalue weighted by Crippen LogP contribution is 2.49. The van der Waals surface area contributed by atoms with Crippen molar-refractivity contribution >= 4 is 135 Å². The van der Waals surface area contributed by atoms with E-state index in [1.165, 1.54) is 62.5 Å². The number of nitrogens with zero attached hydrogens (tertiary/aromatic N) is 1. The molecule has 0 fully saturated rings. The van der Waals surface area contributed by atoms with Crippen LogP contribution in [-0.4, -0.2) is 0 Å². The highest BCUT2D eigenvalue weighted by Gasteiger charge is 2.22. The summed E-state index contributed by atoms with van der Waals surface area (Å²) in [5, 5.41) is 12.0. The highest BCUT2D eigenvalue weighted by molar-refractivity contribution is 7.26. The van der Waals surface area contributed by atoms with E-state index in [9.17, 15) is 0 Å². The van der Waals surface area contributed by atoms with Crippen LogP contribution in [0.2, 0.25) is 0 Å². The molecule has 13 rings (SSSR count). The number of benzene rings is 9. The van der Waals surface area contributed by atoms with Crippen LogP contribution in [0, 0.1) is 0 Å².